The largest absolute Gasteiger partial charge is 0.398 e. The summed E-state index contributed by atoms with van der Waals surface area (Å²) in [5.74, 6) is 0.913. The fraction of sp³-hybridized carbons (Fsp3) is 0.409. The van der Waals surface area contributed by atoms with Crippen molar-refractivity contribution in [1.29, 1.82) is 0 Å². The highest BCUT2D eigenvalue weighted by molar-refractivity contribution is 7.98. The molecule has 0 bridgehead atoms. The van der Waals surface area contributed by atoms with E-state index in [1.807, 2.05) is 0 Å². The number of anilines is 1. The first-order valence-corrected chi connectivity index (χ1v) is 10.8. The molecule has 0 saturated heterocycles. The molecule has 0 atom stereocenters. The lowest BCUT2D eigenvalue weighted by Gasteiger charge is -2.19. The Kier molecular flexibility index (Phi) is 5.11. The van der Waals surface area contributed by atoms with E-state index < -0.39 is 0 Å². The molecule has 2 N–H and O–H groups in total. The summed E-state index contributed by atoms with van der Waals surface area (Å²) in [6.07, 6.45) is 0. The van der Waals surface area contributed by atoms with Crippen LogP contribution in [0.25, 0.3) is 10.2 Å². The molecule has 1 aromatic heterocycles. The van der Waals surface area contributed by atoms with Crippen molar-refractivity contribution >= 4 is 39.0 Å². The summed E-state index contributed by atoms with van der Waals surface area (Å²) in [7, 11) is 0. The van der Waals surface area contributed by atoms with Crippen molar-refractivity contribution in [2.24, 2.45) is 0 Å². The minimum absolute atomic E-state index is 0.0700. The Morgan fingerprint density at radius 2 is 1.62 bits per heavy atom. The van der Waals surface area contributed by atoms with Crippen molar-refractivity contribution in [1.82, 2.24) is 4.98 Å². The van der Waals surface area contributed by atoms with Crippen LogP contribution in [0.5, 0.6) is 0 Å². The molecule has 3 aromatic rings. The van der Waals surface area contributed by atoms with Gasteiger partial charge in [0.05, 0.1) is 15.2 Å². The normalized spacial score (nSPS) is 12.7. The summed E-state index contributed by atoms with van der Waals surface area (Å²) >= 11 is 3.53. The maximum Gasteiger partial charge on any atom is 0.0992 e. The fourth-order valence-corrected chi connectivity index (χ4v) is 4.67. The summed E-state index contributed by atoms with van der Waals surface area (Å²) in [5, 5.41) is 1.16. The van der Waals surface area contributed by atoms with Crippen LogP contribution in [0.2, 0.25) is 0 Å². The first-order valence-electron chi connectivity index (χ1n) is 8.97. The first kappa shape index (κ1) is 19.2. The summed E-state index contributed by atoms with van der Waals surface area (Å²) in [5.41, 5.74) is 11.2. The monoisotopic (exact) mass is 384 g/mol. The molecule has 26 heavy (non-hydrogen) atoms. The molecule has 1 heterocycles. The van der Waals surface area contributed by atoms with Gasteiger partial charge < -0.3 is 5.73 Å². The van der Waals surface area contributed by atoms with E-state index in [-0.39, 0.29) is 10.8 Å². The number of rotatable bonds is 3. The third-order valence-corrected chi connectivity index (χ3v) is 6.96. The lowest BCUT2D eigenvalue weighted by atomic mass is 9.87. The minimum atomic E-state index is 0.0700. The van der Waals surface area contributed by atoms with E-state index >= 15 is 0 Å². The van der Waals surface area contributed by atoms with Gasteiger partial charge in [0.1, 0.15) is 0 Å². The van der Waals surface area contributed by atoms with Crippen LogP contribution in [-0.2, 0) is 16.6 Å². The Hall–Kier alpha value is -1.52. The molecule has 4 heteroatoms. The van der Waals surface area contributed by atoms with Crippen LogP contribution in [0.3, 0.4) is 0 Å². The zero-order chi connectivity index (χ0) is 19.1. The maximum absolute atomic E-state index is 6.31. The van der Waals surface area contributed by atoms with E-state index in [1.165, 1.54) is 15.8 Å². The smallest absolute Gasteiger partial charge is 0.0992 e. The fourth-order valence-electron chi connectivity index (χ4n) is 2.68. The molecular formula is C22H28N2S2. The Bertz CT molecular complexity index is 910. The molecule has 0 unspecified atom stereocenters. The third-order valence-electron chi connectivity index (χ3n) is 4.38. The van der Waals surface area contributed by atoms with Gasteiger partial charge in [0.2, 0.25) is 0 Å². The Balaban J connectivity index is 1.79. The standard InChI is InChI=1S/C22H28N2S2/c1-21(2,3)15-9-7-14(8-10-15)13-25-18-12-17-19(11-16(18)23)26-20(24-17)22(4,5)6/h7-12H,13,23H2,1-6H3. The number of hydrogen-bond acceptors (Lipinski definition) is 4. The average molecular weight is 385 g/mol. The number of hydrogen-bond donors (Lipinski definition) is 1. The highest BCUT2D eigenvalue weighted by atomic mass is 32.2. The van der Waals surface area contributed by atoms with Gasteiger partial charge in [-0.15, -0.1) is 23.1 Å². The molecule has 0 spiro atoms. The van der Waals surface area contributed by atoms with Crippen LogP contribution in [0.1, 0.15) is 57.7 Å². The highest BCUT2D eigenvalue weighted by Gasteiger charge is 2.19. The second kappa shape index (κ2) is 6.90. The molecule has 2 nitrogen and oxygen atoms in total. The number of benzene rings is 2. The third kappa shape index (κ3) is 4.24. The van der Waals surface area contributed by atoms with E-state index in [1.54, 1.807) is 23.1 Å². The number of thiazole rings is 1. The van der Waals surface area contributed by atoms with Gasteiger partial charge in [-0.3, -0.25) is 0 Å². The van der Waals surface area contributed by atoms with E-state index in [2.05, 4.69) is 77.9 Å². The Morgan fingerprint density at radius 1 is 0.962 bits per heavy atom. The summed E-state index contributed by atoms with van der Waals surface area (Å²) in [6, 6.07) is 13.1. The maximum atomic E-state index is 6.31. The van der Waals surface area contributed by atoms with Crippen molar-refractivity contribution in [2.75, 3.05) is 5.73 Å². The van der Waals surface area contributed by atoms with E-state index in [9.17, 15) is 0 Å². The van der Waals surface area contributed by atoms with E-state index in [4.69, 9.17) is 10.7 Å². The van der Waals surface area contributed by atoms with Crippen LogP contribution in [0, 0.1) is 0 Å². The van der Waals surface area contributed by atoms with Crippen molar-refractivity contribution in [3.05, 3.63) is 52.5 Å². The summed E-state index contributed by atoms with van der Waals surface area (Å²) in [4.78, 5) is 5.94. The number of thioether (sulfide) groups is 1. The van der Waals surface area contributed by atoms with Crippen LogP contribution >= 0.6 is 23.1 Å². The molecule has 2 aromatic carbocycles. The quantitative estimate of drug-likeness (QED) is 0.400. The van der Waals surface area contributed by atoms with Crippen LogP contribution < -0.4 is 5.73 Å². The second-order valence-electron chi connectivity index (χ2n) is 8.86. The van der Waals surface area contributed by atoms with Gasteiger partial charge in [0.25, 0.3) is 0 Å². The molecule has 0 aliphatic heterocycles. The predicted octanol–water partition coefficient (Wildman–Crippen LogP) is 6.77. The molecule has 0 aliphatic rings. The zero-order valence-corrected chi connectivity index (χ0v) is 18.1. The second-order valence-corrected chi connectivity index (χ2v) is 10.9. The molecule has 0 saturated carbocycles. The number of fused-ring (bicyclic) bond motifs is 1. The van der Waals surface area contributed by atoms with Gasteiger partial charge >= 0.3 is 0 Å². The van der Waals surface area contributed by atoms with E-state index in [0.29, 0.717) is 0 Å². The van der Waals surface area contributed by atoms with Crippen molar-refractivity contribution in [3.63, 3.8) is 0 Å². The SMILES string of the molecule is CC(C)(C)c1ccc(CSc2cc3nc(C(C)(C)C)sc3cc2N)cc1. The van der Waals surface area contributed by atoms with Crippen LogP contribution in [-0.4, -0.2) is 4.98 Å². The summed E-state index contributed by atoms with van der Waals surface area (Å²) in [6.45, 7) is 13.3. The highest BCUT2D eigenvalue weighted by Crippen LogP contribution is 2.37. The van der Waals surface area contributed by atoms with Crippen LogP contribution in [0.15, 0.2) is 41.3 Å². The van der Waals surface area contributed by atoms with Gasteiger partial charge in [-0.25, -0.2) is 4.98 Å². The first-order chi connectivity index (χ1) is 12.0. The Morgan fingerprint density at radius 3 is 2.19 bits per heavy atom. The molecule has 3 rings (SSSR count). The topological polar surface area (TPSA) is 38.9 Å². The van der Waals surface area contributed by atoms with Gasteiger partial charge in [0, 0.05) is 21.8 Å². The van der Waals surface area contributed by atoms with Gasteiger partial charge in [-0.1, -0.05) is 65.8 Å². The number of aromatic nitrogens is 1. The van der Waals surface area contributed by atoms with Crippen LogP contribution in [0.4, 0.5) is 5.69 Å². The molecule has 0 radical (unpaired) electrons. The predicted molar refractivity (Wildman–Crippen MR) is 117 cm³/mol. The van der Waals surface area contributed by atoms with Crippen molar-refractivity contribution in [2.45, 2.75) is 63.0 Å². The molecule has 0 aliphatic carbocycles. The zero-order valence-electron chi connectivity index (χ0n) is 16.5. The van der Waals surface area contributed by atoms with Gasteiger partial charge in [-0.2, -0.15) is 0 Å². The van der Waals surface area contributed by atoms with Gasteiger partial charge in [-0.05, 0) is 28.7 Å². The van der Waals surface area contributed by atoms with E-state index in [0.717, 1.165) is 26.9 Å². The number of nitrogens with two attached hydrogens (primary N) is 1. The Labute approximate surface area is 165 Å². The molecule has 138 valence electrons. The summed E-state index contributed by atoms with van der Waals surface area (Å²) < 4.78 is 1.17. The number of nitrogen functional groups attached to an aromatic ring is 1. The molecule has 0 fully saturated rings. The molecule has 0 amide bonds. The lowest BCUT2D eigenvalue weighted by molar-refractivity contribution is 0.587. The average Bonchev–Trinajstić information content (AvgIpc) is 2.95. The van der Waals surface area contributed by atoms with Gasteiger partial charge in [0.15, 0.2) is 0 Å². The minimum Gasteiger partial charge on any atom is -0.398 e. The van der Waals surface area contributed by atoms with Crippen molar-refractivity contribution < 1.29 is 0 Å². The molecular weight excluding hydrogens is 356 g/mol. The number of nitrogens with zero attached hydrogens (tertiary/aromatic N) is 1. The lowest BCUT2D eigenvalue weighted by Crippen LogP contribution is -2.10. The van der Waals surface area contributed by atoms with Crippen molar-refractivity contribution in [3.8, 4) is 0 Å².